The van der Waals surface area contributed by atoms with Crippen LogP contribution in [0.4, 0.5) is 4.39 Å². The molecule has 0 unspecified atom stereocenters. The quantitative estimate of drug-likeness (QED) is 0.515. The molecule has 4 rings (SSSR count). The topological polar surface area (TPSA) is 87.8 Å². The Kier molecular flexibility index (Phi) is 4.86. The van der Waals surface area contributed by atoms with Gasteiger partial charge < -0.3 is 9.47 Å². The number of pyridine rings is 1. The zero-order chi connectivity index (χ0) is 20.4. The van der Waals surface area contributed by atoms with Crippen LogP contribution in [0, 0.1) is 12.7 Å². The van der Waals surface area contributed by atoms with E-state index in [0.29, 0.717) is 40.2 Å². The monoisotopic (exact) mass is 392 g/mol. The van der Waals surface area contributed by atoms with E-state index >= 15 is 0 Å². The number of ether oxygens (including phenoxy) is 2. The summed E-state index contributed by atoms with van der Waals surface area (Å²) in [4.78, 5) is 13.1. The summed E-state index contributed by atoms with van der Waals surface area (Å²) in [6, 6.07) is 7.85. The van der Waals surface area contributed by atoms with E-state index in [1.165, 1.54) is 19.2 Å². The minimum absolute atomic E-state index is 0.381. The lowest BCUT2D eigenvalue weighted by Gasteiger charge is -2.10. The second-order valence-electron chi connectivity index (χ2n) is 6.10. The zero-order valence-electron chi connectivity index (χ0n) is 16.0. The normalized spacial score (nSPS) is 10.8. The van der Waals surface area contributed by atoms with Crippen molar-refractivity contribution in [1.82, 2.24) is 29.7 Å². The summed E-state index contributed by atoms with van der Waals surface area (Å²) in [7, 11) is 3.08. The van der Waals surface area contributed by atoms with Gasteiger partial charge in [0.05, 0.1) is 44.2 Å². The van der Waals surface area contributed by atoms with Crippen molar-refractivity contribution in [2.24, 2.45) is 0 Å². The standard InChI is InChI=1S/C20H17FN6O2/c1-12-25-26-20(27(12)14-5-7-19(29-3)24-9-14)17-11-22-16(10-23-17)15-8-13(21)4-6-18(15)28-2/h4-11H,1-3H3. The summed E-state index contributed by atoms with van der Waals surface area (Å²) in [5.41, 5.74) is 2.28. The Morgan fingerprint density at radius 2 is 1.66 bits per heavy atom. The van der Waals surface area contributed by atoms with Crippen LogP contribution in [0.1, 0.15) is 5.82 Å². The number of aromatic nitrogens is 6. The van der Waals surface area contributed by atoms with E-state index in [9.17, 15) is 4.39 Å². The van der Waals surface area contributed by atoms with E-state index in [4.69, 9.17) is 9.47 Å². The molecule has 0 bridgehead atoms. The molecular formula is C20H17FN6O2. The zero-order valence-corrected chi connectivity index (χ0v) is 16.0. The molecule has 0 saturated carbocycles. The van der Waals surface area contributed by atoms with Crippen LogP contribution in [0.25, 0.3) is 28.5 Å². The minimum atomic E-state index is -0.381. The second kappa shape index (κ2) is 7.63. The van der Waals surface area contributed by atoms with Gasteiger partial charge in [0.25, 0.3) is 0 Å². The predicted molar refractivity (Wildman–Crippen MR) is 103 cm³/mol. The SMILES string of the molecule is COc1ccc(-n2c(C)nnc2-c2cnc(-c3cc(F)ccc3OC)cn2)cn1. The third kappa shape index (κ3) is 3.49. The molecule has 146 valence electrons. The summed E-state index contributed by atoms with van der Waals surface area (Å²) in [5, 5.41) is 8.37. The Morgan fingerprint density at radius 1 is 0.862 bits per heavy atom. The van der Waals surface area contributed by atoms with E-state index in [-0.39, 0.29) is 5.82 Å². The number of hydrogen-bond donors (Lipinski definition) is 0. The van der Waals surface area contributed by atoms with Crippen LogP contribution < -0.4 is 9.47 Å². The van der Waals surface area contributed by atoms with Crippen LogP contribution in [0.3, 0.4) is 0 Å². The van der Waals surface area contributed by atoms with Gasteiger partial charge in [-0.05, 0) is 31.2 Å². The predicted octanol–water partition coefficient (Wildman–Crippen LogP) is 3.25. The van der Waals surface area contributed by atoms with Crippen LogP contribution in [-0.2, 0) is 0 Å². The third-order valence-electron chi connectivity index (χ3n) is 4.33. The van der Waals surface area contributed by atoms with Crippen molar-refractivity contribution in [3.05, 3.63) is 60.6 Å². The smallest absolute Gasteiger partial charge is 0.213 e. The molecule has 0 spiro atoms. The highest BCUT2D eigenvalue weighted by Crippen LogP contribution is 2.29. The molecule has 8 nitrogen and oxygen atoms in total. The first-order valence-electron chi connectivity index (χ1n) is 8.69. The van der Waals surface area contributed by atoms with Crippen LogP contribution in [0.15, 0.2) is 48.9 Å². The van der Waals surface area contributed by atoms with Gasteiger partial charge in [-0.15, -0.1) is 10.2 Å². The molecule has 0 aliphatic rings. The fourth-order valence-corrected chi connectivity index (χ4v) is 2.93. The maximum atomic E-state index is 13.7. The van der Waals surface area contributed by atoms with Crippen LogP contribution in [-0.4, -0.2) is 43.9 Å². The number of methoxy groups -OCH3 is 2. The average Bonchev–Trinajstić information content (AvgIpc) is 3.15. The highest BCUT2D eigenvalue weighted by Gasteiger charge is 2.16. The van der Waals surface area contributed by atoms with Crippen molar-refractivity contribution in [2.75, 3.05) is 14.2 Å². The first kappa shape index (κ1) is 18.5. The fourth-order valence-electron chi connectivity index (χ4n) is 2.93. The molecule has 0 aliphatic carbocycles. The molecule has 0 saturated heterocycles. The molecule has 4 aromatic rings. The summed E-state index contributed by atoms with van der Waals surface area (Å²) in [6.07, 6.45) is 4.78. The Balaban J connectivity index is 1.73. The van der Waals surface area contributed by atoms with Gasteiger partial charge in [-0.2, -0.15) is 0 Å². The summed E-state index contributed by atoms with van der Waals surface area (Å²) in [6.45, 7) is 1.83. The lowest BCUT2D eigenvalue weighted by molar-refractivity contribution is 0.398. The van der Waals surface area contributed by atoms with E-state index in [0.717, 1.165) is 5.69 Å². The van der Waals surface area contributed by atoms with Gasteiger partial charge in [-0.25, -0.2) is 14.4 Å². The number of benzene rings is 1. The Bertz CT molecular complexity index is 1140. The first-order chi connectivity index (χ1) is 14.1. The van der Waals surface area contributed by atoms with Crippen molar-refractivity contribution >= 4 is 0 Å². The molecule has 0 N–H and O–H groups in total. The molecule has 3 aromatic heterocycles. The van der Waals surface area contributed by atoms with Gasteiger partial charge in [0.15, 0.2) is 5.82 Å². The number of aryl methyl sites for hydroxylation is 1. The summed E-state index contributed by atoms with van der Waals surface area (Å²) >= 11 is 0. The van der Waals surface area contributed by atoms with Gasteiger partial charge in [0, 0.05) is 11.6 Å². The van der Waals surface area contributed by atoms with Gasteiger partial charge in [0.1, 0.15) is 23.1 Å². The van der Waals surface area contributed by atoms with Gasteiger partial charge in [0.2, 0.25) is 5.88 Å². The van der Waals surface area contributed by atoms with Crippen molar-refractivity contribution in [1.29, 1.82) is 0 Å². The second-order valence-corrected chi connectivity index (χ2v) is 6.10. The van der Waals surface area contributed by atoms with E-state index in [1.807, 2.05) is 17.6 Å². The molecule has 0 radical (unpaired) electrons. The van der Waals surface area contributed by atoms with Crippen molar-refractivity contribution in [2.45, 2.75) is 6.92 Å². The minimum Gasteiger partial charge on any atom is -0.496 e. The lowest BCUT2D eigenvalue weighted by atomic mass is 10.1. The van der Waals surface area contributed by atoms with Crippen molar-refractivity contribution in [3.8, 4) is 40.1 Å². The van der Waals surface area contributed by atoms with Gasteiger partial charge in [-0.1, -0.05) is 0 Å². The number of hydrogen-bond acceptors (Lipinski definition) is 7. The maximum absolute atomic E-state index is 13.7. The molecule has 0 aliphatic heterocycles. The molecule has 9 heteroatoms. The van der Waals surface area contributed by atoms with Crippen molar-refractivity contribution < 1.29 is 13.9 Å². The molecular weight excluding hydrogens is 375 g/mol. The molecule has 29 heavy (non-hydrogen) atoms. The maximum Gasteiger partial charge on any atom is 0.213 e. The average molecular weight is 392 g/mol. The highest BCUT2D eigenvalue weighted by molar-refractivity contribution is 5.67. The van der Waals surface area contributed by atoms with Gasteiger partial charge in [-0.3, -0.25) is 9.55 Å². The molecule has 0 fully saturated rings. The number of halogens is 1. The molecule has 0 amide bonds. The molecule has 1 aromatic carbocycles. The van der Waals surface area contributed by atoms with Gasteiger partial charge >= 0.3 is 0 Å². The molecule has 3 heterocycles. The van der Waals surface area contributed by atoms with Crippen LogP contribution >= 0.6 is 0 Å². The van der Waals surface area contributed by atoms with E-state index in [2.05, 4.69) is 25.1 Å². The largest absolute Gasteiger partial charge is 0.496 e. The fraction of sp³-hybridized carbons (Fsp3) is 0.150. The summed E-state index contributed by atoms with van der Waals surface area (Å²) < 4.78 is 25.9. The van der Waals surface area contributed by atoms with Crippen LogP contribution in [0.5, 0.6) is 11.6 Å². The Morgan fingerprint density at radius 3 is 2.31 bits per heavy atom. The lowest BCUT2D eigenvalue weighted by Crippen LogP contribution is -2.02. The first-order valence-corrected chi connectivity index (χ1v) is 8.69. The van der Waals surface area contributed by atoms with E-state index < -0.39 is 0 Å². The summed E-state index contributed by atoms with van der Waals surface area (Å²) in [5.74, 6) is 1.82. The Hall–Kier alpha value is -3.88. The highest BCUT2D eigenvalue weighted by atomic mass is 19.1. The number of rotatable bonds is 5. The Labute approximate surface area is 166 Å². The van der Waals surface area contributed by atoms with Crippen LogP contribution in [0.2, 0.25) is 0 Å². The number of nitrogens with zero attached hydrogens (tertiary/aromatic N) is 6. The van der Waals surface area contributed by atoms with E-state index in [1.54, 1.807) is 37.8 Å². The molecule has 0 atom stereocenters. The van der Waals surface area contributed by atoms with Crippen molar-refractivity contribution in [3.63, 3.8) is 0 Å². The third-order valence-corrected chi connectivity index (χ3v) is 4.33.